The molecule has 2 aromatic carbocycles. The lowest BCUT2D eigenvalue weighted by atomic mass is 10.2. The summed E-state index contributed by atoms with van der Waals surface area (Å²) in [6, 6.07) is 18.1. The summed E-state index contributed by atoms with van der Waals surface area (Å²) >= 11 is 0. The number of aliphatic hydroxyl groups is 1. The number of aliphatic hydroxyl groups excluding tert-OH is 1. The molecule has 6 nitrogen and oxygen atoms in total. The highest BCUT2D eigenvalue weighted by Crippen LogP contribution is 2.32. The van der Waals surface area contributed by atoms with E-state index in [2.05, 4.69) is 18.7 Å². The summed E-state index contributed by atoms with van der Waals surface area (Å²) in [5, 5.41) is 15.4. The Bertz CT molecular complexity index is 984. The van der Waals surface area contributed by atoms with Gasteiger partial charge in [-0.3, -0.25) is 4.90 Å². The summed E-state index contributed by atoms with van der Waals surface area (Å²) in [5.74, 6) is 1.47. The van der Waals surface area contributed by atoms with Crippen LogP contribution in [0.25, 0.3) is 5.69 Å². The third kappa shape index (κ3) is 7.16. The van der Waals surface area contributed by atoms with E-state index in [1.807, 2.05) is 80.1 Å². The number of aryl methyl sites for hydroxylation is 2. The first kappa shape index (κ1) is 25.0. The first-order chi connectivity index (χ1) is 15.9. The number of rotatable bonds is 12. The average molecular weight is 452 g/mol. The van der Waals surface area contributed by atoms with Crippen LogP contribution in [0.2, 0.25) is 0 Å². The standard InChI is InChI=1S/C27H37N3O3/c1-6-16-29(17-24(31)19-32-20(2)3)18-26-22(5)28-30(23-10-8-7-9-11-23)27(26)33-25-14-12-21(4)13-15-25/h7-15,20,24,31H,6,16-19H2,1-5H3/t24-/m1/s1. The van der Waals surface area contributed by atoms with Crippen molar-refractivity contribution in [1.82, 2.24) is 14.7 Å². The summed E-state index contributed by atoms with van der Waals surface area (Å²) in [6.45, 7) is 12.5. The highest BCUT2D eigenvalue weighted by Gasteiger charge is 2.22. The summed E-state index contributed by atoms with van der Waals surface area (Å²) in [4.78, 5) is 2.25. The van der Waals surface area contributed by atoms with Gasteiger partial charge in [-0.05, 0) is 64.9 Å². The maximum Gasteiger partial charge on any atom is 0.227 e. The van der Waals surface area contributed by atoms with E-state index in [0.29, 0.717) is 25.6 Å². The third-order valence-corrected chi connectivity index (χ3v) is 5.39. The predicted molar refractivity (Wildman–Crippen MR) is 132 cm³/mol. The van der Waals surface area contributed by atoms with E-state index in [4.69, 9.17) is 14.6 Å². The van der Waals surface area contributed by atoms with Crippen molar-refractivity contribution in [2.75, 3.05) is 19.7 Å². The highest BCUT2D eigenvalue weighted by atomic mass is 16.5. The first-order valence-corrected chi connectivity index (χ1v) is 11.8. The van der Waals surface area contributed by atoms with Gasteiger partial charge in [0, 0.05) is 13.1 Å². The molecule has 0 amide bonds. The van der Waals surface area contributed by atoms with Gasteiger partial charge in [-0.1, -0.05) is 42.8 Å². The Morgan fingerprint density at radius 2 is 1.73 bits per heavy atom. The van der Waals surface area contributed by atoms with Crippen LogP contribution < -0.4 is 4.74 Å². The Hall–Kier alpha value is -2.67. The molecule has 0 bridgehead atoms. The lowest BCUT2D eigenvalue weighted by Gasteiger charge is -2.25. The van der Waals surface area contributed by atoms with E-state index in [-0.39, 0.29) is 6.10 Å². The van der Waals surface area contributed by atoms with Gasteiger partial charge in [0.25, 0.3) is 0 Å². The Labute approximate surface area is 197 Å². The minimum Gasteiger partial charge on any atom is -0.439 e. The number of ether oxygens (including phenoxy) is 2. The van der Waals surface area contributed by atoms with Crippen LogP contribution in [-0.4, -0.2) is 51.7 Å². The minimum absolute atomic E-state index is 0.0973. The highest BCUT2D eigenvalue weighted by molar-refractivity contribution is 5.43. The first-order valence-electron chi connectivity index (χ1n) is 11.8. The molecule has 6 heteroatoms. The molecule has 0 spiro atoms. The normalized spacial score (nSPS) is 12.5. The van der Waals surface area contributed by atoms with Gasteiger partial charge >= 0.3 is 0 Å². The van der Waals surface area contributed by atoms with Gasteiger partial charge < -0.3 is 14.6 Å². The molecule has 33 heavy (non-hydrogen) atoms. The molecule has 0 saturated carbocycles. The van der Waals surface area contributed by atoms with Crippen LogP contribution in [0.5, 0.6) is 11.6 Å². The topological polar surface area (TPSA) is 59.8 Å². The molecule has 1 aromatic heterocycles. The van der Waals surface area contributed by atoms with Crippen molar-refractivity contribution < 1.29 is 14.6 Å². The van der Waals surface area contributed by atoms with Crippen molar-refractivity contribution >= 4 is 0 Å². The zero-order valence-electron chi connectivity index (χ0n) is 20.5. The van der Waals surface area contributed by atoms with Gasteiger partial charge in [-0.15, -0.1) is 0 Å². The zero-order valence-corrected chi connectivity index (χ0v) is 20.5. The van der Waals surface area contributed by atoms with Crippen LogP contribution in [0.3, 0.4) is 0 Å². The summed E-state index contributed by atoms with van der Waals surface area (Å²) in [6.07, 6.45) is 0.530. The molecule has 3 aromatic rings. The molecule has 0 aliphatic carbocycles. The van der Waals surface area contributed by atoms with Crippen molar-refractivity contribution in [2.45, 2.75) is 59.8 Å². The predicted octanol–water partition coefficient (Wildman–Crippen LogP) is 5.28. The minimum atomic E-state index is -0.551. The third-order valence-electron chi connectivity index (χ3n) is 5.39. The Morgan fingerprint density at radius 3 is 2.36 bits per heavy atom. The Morgan fingerprint density at radius 1 is 1.03 bits per heavy atom. The summed E-state index contributed by atoms with van der Waals surface area (Å²) < 4.78 is 13.9. The van der Waals surface area contributed by atoms with Crippen molar-refractivity contribution in [3.05, 3.63) is 71.4 Å². The van der Waals surface area contributed by atoms with Gasteiger partial charge in [0.05, 0.1) is 35.8 Å². The number of para-hydroxylation sites is 1. The van der Waals surface area contributed by atoms with Crippen molar-refractivity contribution in [3.63, 3.8) is 0 Å². The van der Waals surface area contributed by atoms with Crippen LogP contribution in [0.15, 0.2) is 54.6 Å². The molecule has 178 valence electrons. The number of benzene rings is 2. The summed E-state index contributed by atoms with van der Waals surface area (Å²) in [7, 11) is 0. The van der Waals surface area contributed by atoms with E-state index < -0.39 is 6.10 Å². The molecule has 0 saturated heterocycles. The van der Waals surface area contributed by atoms with Crippen LogP contribution in [0, 0.1) is 13.8 Å². The maximum atomic E-state index is 10.5. The molecule has 0 radical (unpaired) electrons. The fourth-order valence-corrected chi connectivity index (χ4v) is 3.72. The molecule has 0 aliphatic heterocycles. The van der Waals surface area contributed by atoms with Gasteiger partial charge in [0.15, 0.2) is 0 Å². The van der Waals surface area contributed by atoms with Gasteiger partial charge in [0.1, 0.15) is 5.75 Å². The van der Waals surface area contributed by atoms with Crippen LogP contribution in [0.4, 0.5) is 0 Å². The number of nitrogens with zero attached hydrogens (tertiary/aromatic N) is 3. The number of hydrogen-bond acceptors (Lipinski definition) is 5. The fraction of sp³-hybridized carbons (Fsp3) is 0.444. The largest absolute Gasteiger partial charge is 0.439 e. The SMILES string of the molecule is CCCN(Cc1c(C)nn(-c2ccccc2)c1Oc1ccc(C)cc1)C[C@@H](O)COC(C)C. The van der Waals surface area contributed by atoms with E-state index in [0.717, 1.165) is 35.7 Å². The van der Waals surface area contributed by atoms with Gasteiger partial charge in [-0.2, -0.15) is 5.10 Å². The van der Waals surface area contributed by atoms with Gasteiger partial charge in [-0.25, -0.2) is 4.68 Å². The monoisotopic (exact) mass is 451 g/mol. The quantitative estimate of drug-likeness (QED) is 0.406. The van der Waals surface area contributed by atoms with E-state index in [1.54, 1.807) is 0 Å². The van der Waals surface area contributed by atoms with Crippen molar-refractivity contribution in [2.24, 2.45) is 0 Å². The van der Waals surface area contributed by atoms with E-state index in [1.165, 1.54) is 5.56 Å². The number of aromatic nitrogens is 2. The molecule has 0 fully saturated rings. The fourth-order valence-electron chi connectivity index (χ4n) is 3.72. The molecular formula is C27H37N3O3. The van der Waals surface area contributed by atoms with E-state index >= 15 is 0 Å². The van der Waals surface area contributed by atoms with Crippen molar-refractivity contribution in [3.8, 4) is 17.3 Å². The van der Waals surface area contributed by atoms with Crippen LogP contribution >= 0.6 is 0 Å². The van der Waals surface area contributed by atoms with Crippen LogP contribution in [-0.2, 0) is 11.3 Å². The summed E-state index contributed by atoms with van der Waals surface area (Å²) in [5.41, 5.74) is 4.06. The maximum absolute atomic E-state index is 10.5. The molecule has 0 aliphatic rings. The Balaban J connectivity index is 1.91. The smallest absolute Gasteiger partial charge is 0.227 e. The second kappa shape index (κ2) is 12.0. The molecule has 1 N–H and O–H groups in total. The molecule has 1 heterocycles. The van der Waals surface area contributed by atoms with Crippen LogP contribution in [0.1, 0.15) is 44.0 Å². The lowest BCUT2D eigenvalue weighted by molar-refractivity contribution is -0.00957. The van der Waals surface area contributed by atoms with E-state index in [9.17, 15) is 5.11 Å². The molecule has 1 atom stereocenters. The number of hydrogen-bond donors (Lipinski definition) is 1. The second-order valence-corrected chi connectivity index (χ2v) is 8.80. The zero-order chi connectivity index (χ0) is 23.8. The molecule has 0 unspecified atom stereocenters. The van der Waals surface area contributed by atoms with Gasteiger partial charge in [0.2, 0.25) is 5.88 Å². The lowest BCUT2D eigenvalue weighted by Crippen LogP contribution is -2.35. The average Bonchev–Trinajstić information content (AvgIpc) is 3.09. The molecular weight excluding hydrogens is 414 g/mol. The molecule has 3 rings (SSSR count). The Kier molecular flexibility index (Phi) is 9.06. The van der Waals surface area contributed by atoms with Crippen molar-refractivity contribution in [1.29, 1.82) is 0 Å². The second-order valence-electron chi connectivity index (χ2n) is 8.80.